The van der Waals surface area contributed by atoms with Crippen LogP contribution in [0.1, 0.15) is 21.5 Å². The summed E-state index contributed by atoms with van der Waals surface area (Å²) in [6.07, 6.45) is 4.91. The standard InChI is InChI=1S/C23H22N2O4/c1-28-20-10-6-16(7-11-20)21(27)12-8-17-4-3-13-24-23(17)25-19-9-5-18(15-26)22(14-19)29-2/h3-14,26H,15H2,1-2H3,(H,24,25)/b12-8+. The summed E-state index contributed by atoms with van der Waals surface area (Å²) in [5.41, 5.74) is 2.79. The largest absolute Gasteiger partial charge is 0.497 e. The van der Waals surface area contributed by atoms with Gasteiger partial charge in [0.1, 0.15) is 17.3 Å². The van der Waals surface area contributed by atoms with Gasteiger partial charge in [0.05, 0.1) is 20.8 Å². The molecule has 6 heteroatoms. The number of hydrogen-bond donors (Lipinski definition) is 2. The summed E-state index contributed by atoms with van der Waals surface area (Å²) < 4.78 is 10.4. The number of nitrogens with zero attached hydrogens (tertiary/aromatic N) is 1. The average molecular weight is 390 g/mol. The molecule has 0 saturated heterocycles. The summed E-state index contributed by atoms with van der Waals surface area (Å²) in [6, 6.07) is 16.0. The SMILES string of the molecule is COc1ccc(C(=O)/C=C/c2cccnc2Nc2ccc(CO)c(OC)c2)cc1. The van der Waals surface area contributed by atoms with Crippen LogP contribution in [0.25, 0.3) is 6.08 Å². The molecule has 0 aliphatic rings. The number of benzene rings is 2. The van der Waals surface area contributed by atoms with Gasteiger partial charge in [0.15, 0.2) is 5.78 Å². The van der Waals surface area contributed by atoms with Gasteiger partial charge in [-0.2, -0.15) is 0 Å². The van der Waals surface area contributed by atoms with E-state index in [0.29, 0.717) is 28.4 Å². The molecule has 0 aliphatic carbocycles. The van der Waals surface area contributed by atoms with E-state index in [4.69, 9.17) is 9.47 Å². The predicted molar refractivity (Wildman–Crippen MR) is 113 cm³/mol. The molecule has 2 N–H and O–H groups in total. The van der Waals surface area contributed by atoms with Gasteiger partial charge in [-0.25, -0.2) is 4.98 Å². The lowest BCUT2D eigenvalue weighted by Crippen LogP contribution is -1.99. The molecular weight excluding hydrogens is 368 g/mol. The number of allylic oxidation sites excluding steroid dienone is 1. The van der Waals surface area contributed by atoms with E-state index < -0.39 is 0 Å². The number of ketones is 1. The zero-order chi connectivity index (χ0) is 20.6. The van der Waals surface area contributed by atoms with Gasteiger partial charge in [0.2, 0.25) is 0 Å². The maximum Gasteiger partial charge on any atom is 0.185 e. The number of aliphatic hydroxyl groups excluding tert-OH is 1. The molecule has 0 saturated carbocycles. The Kier molecular flexibility index (Phi) is 6.60. The zero-order valence-electron chi connectivity index (χ0n) is 16.3. The number of nitrogens with one attached hydrogen (secondary N) is 1. The Morgan fingerprint density at radius 2 is 1.90 bits per heavy atom. The second kappa shape index (κ2) is 9.52. The average Bonchev–Trinajstić information content (AvgIpc) is 2.78. The number of carbonyl (C=O) groups excluding carboxylic acids is 1. The van der Waals surface area contributed by atoms with Gasteiger partial charge in [-0.1, -0.05) is 6.07 Å². The molecule has 2 aromatic carbocycles. The fourth-order valence-corrected chi connectivity index (χ4v) is 2.76. The molecule has 0 unspecified atom stereocenters. The van der Waals surface area contributed by atoms with Crippen LogP contribution in [0.3, 0.4) is 0 Å². The lowest BCUT2D eigenvalue weighted by atomic mass is 10.1. The molecule has 3 rings (SSSR count). The Morgan fingerprint density at radius 1 is 1.10 bits per heavy atom. The Labute approximate surface area is 169 Å². The van der Waals surface area contributed by atoms with Crippen LogP contribution in [-0.4, -0.2) is 30.1 Å². The third kappa shape index (κ3) is 5.00. The quantitative estimate of drug-likeness (QED) is 0.443. The van der Waals surface area contributed by atoms with Gasteiger partial charge in [-0.3, -0.25) is 4.79 Å². The van der Waals surface area contributed by atoms with E-state index in [1.807, 2.05) is 12.1 Å². The number of aliphatic hydroxyl groups is 1. The van der Waals surface area contributed by atoms with Crippen molar-refractivity contribution in [1.29, 1.82) is 0 Å². The second-order valence-corrected chi connectivity index (χ2v) is 6.18. The third-order valence-corrected chi connectivity index (χ3v) is 4.35. The lowest BCUT2D eigenvalue weighted by molar-refractivity contribution is 0.104. The molecule has 6 nitrogen and oxygen atoms in total. The van der Waals surface area contributed by atoms with Gasteiger partial charge in [-0.05, 0) is 54.6 Å². The van der Waals surface area contributed by atoms with Crippen molar-refractivity contribution in [2.24, 2.45) is 0 Å². The van der Waals surface area contributed by atoms with Crippen molar-refractivity contribution in [1.82, 2.24) is 4.98 Å². The normalized spacial score (nSPS) is 10.7. The van der Waals surface area contributed by atoms with E-state index in [1.54, 1.807) is 69.0 Å². The highest BCUT2D eigenvalue weighted by Gasteiger charge is 2.07. The molecular formula is C23H22N2O4. The monoisotopic (exact) mass is 390 g/mol. The van der Waals surface area contributed by atoms with Crippen molar-refractivity contribution in [3.05, 3.63) is 83.6 Å². The topological polar surface area (TPSA) is 80.7 Å². The first-order valence-corrected chi connectivity index (χ1v) is 9.01. The molecule has 29 heavy (non-hydrogen) atoms. The minimum Gasteiger partial charge on any atom is -0.497 e. The van der Waals surface area contributed by atoms with E-state index in [0.717, 1.165) is 11.3 Å². The van der Waals surface area contributed by atoms with Crippen LogP contribution < -0.4 is 14.8 Å². The van der Waals surface area contributed by atoms with Crippen molar-refractivity contribution in [2.75, 3.05) is 19.5 Å². The van der Waals surface area contributed by atoms with Crippen molar-refractivity contribution in [2.45, 2.75) is 6.61 Å². The molecule has 3 aromatic rings. The highest BCUT2D eigenvalue weighted by molar-refractivity contribution is 6.07. The minimum absolute atomic E-state index is 0.103. The first-order valence-electron chi connectivity index (χ1n) is 9.01. The van der Waals surface area contributed by atoms with Crippen LogP contribution in [0.4, 0.5) is 11.5 Å². The van der Waals surface area contributed by atoms with Crippen molar-refractivity contribution in [3.63, 3.8) is 0 Å². The van der Waals surface area contributed by atoms with Crippen LogP contribution in [0.5, 0.6) is 11.5 Å². The van der Waals surface area contributed by atoms with Crippen molar-refractivity contribution < 1.29 is 19.4 Å². The second-order valence-electron chi connectivity index (χ2n) is 6.18. The maximum atomic E-state index is 12.4. The molecule has 0 aliphatic heterocycles. The van der Waals surface area contributed by atoms with E-state index in [-0.39, 0.29) is 12.4 Å². The molecule has 1 heterocycles. The van der Waals surface area contributed by atoms with Crippen molar-refractivity contribution >= 4 is 23.4 Å². The van der Waals surface area contributed by atoms with Crippen LogP contribution in [-0.2, 0) is 6.61 Å². The minimum atomic E-state index is -0.114. The lowest BCUT2D eigenvalue weighted by Gasteiger charge is -2.12. The summed E-state index contributed by atoms with van der Waals surface area (Å²) in [5, 5.41) is 12.6. The van der Waals surface area contributed by atoms with Crippen LogP contribution in [0.15, 0.2) is 66.9 Å². The molecule has 148 valence electrons. The number of carbonyl (C=O) groups is 1. The molecule has 0 amide bonds. The van der Waals surface area contributed by atoms with Crippen LogP contribution in [0.2, 0.25) is 0 Å². The zero-order valence-corrected chi connectivity index (χ0v) is 16.3. The smallest absolute Gasteiger partial charge is 0.185 e. The number of anilines is 2. The summed E-state index contributed by atoms with van der Waals surface area (Å²) in [5.74, 6) is 1.77. The first kappa shape index (κ1) is 20.1. The van der Waals surface area contributed by atoms with Crippen LogP contribution >= 0.6 is 0 Å². The first-order chi connectivity index (χ1) is 14.1. The number of rotatable bonds is 8. The van der Waals surface area contributed by atoms with E-state index in [2.05, 4.69) is 10.3 Å². The van der Waals surface area contributed by atoms with E-state index in [9.17, 15) is 9.90 Å². The summed E-state index contributed by atoms with van der Waals surface area (Å²) in [7, 11) is 3.14. The molecule has 0 spiro atoms. The maximum absolute atomic E-state index is 12.4. The van der Waals surface area contributed by atoms with E-state index in [1.165, 1.54) is 6.08 Å². The molecule has 1 aromatic heterocycles. The fourth-order valence-electron chi connectivity index (χ4n) is 2.76. The van der Waals surface area contributed by atoms with Gasteiger partial charge < -0.3 is 19.9 Å². The van der Waals surface area contributed by atoms with E-state index >= 15 is 0 Å². The molecule has 0 fully saturated rings. The highest BCUT2D eigenvalue weighted by Crippen LogP contribution is 2.26. The molecule has 0 bridgehead atoms. The molecule has 0 radical (unpaired) electrons. The van der Waals surface area contributed by atoms with Gasteiger partial charge in [-0.15, -0.1) is 0 Å². The summed E-state index contributed by atoms with van der Waals surface area (Å²) in [6.45, 7) is -0.103. The fraction of sp³-hybridized carbons (Fsp3) is 0.130. The Hall–Kier alpha value is -3.64. The number of aromatic nitrogens is 1. The number of methoxy groups -OCH3 is 2. The summed E-state index contributed by atoms with van der Waals surface area (Å²) in [4.78, 5) is 16.8. The Morgan fingerprint density at radius 3 is 2.59 bits per heavy atom. The highest BCUT2D eigenvalue weighted by atomic mass is 16.5. The van der Waals surface area contributed by atoms with Gasteiger partial charge in [0, 0.05) is 34.6 Å². The molecule has 0 atom stereocenters. The number of ether oxygens (including phenoxy) is 2. The third-order valence-electron chi connectivity index (χ3n) is 4.35. The number of hydrogen-bond acceptors (Lipinski definition) is 6. The number of pyridine rings is 1. The van der Waals surface area contributed by atoms with Gasteiger partial charge >= 0.3 is 0 Å². The Bertz CT molecular complexity index is 1010. The van der Waals surface area contributed by atoms with Crippen molar-refractivity contribution in [3.8, 4) is 11.5 Å². The Balaban J connectivity index is 1.79. The predicted octanol–water partition coefficient (Wildman–Crippen LogP) is 4.23. The van der Waals surface area contributed by atoms with Gasteiger partial charge in [0.25, 0.3) is 0 Å². The summed E-state index contributed by atoms with van der Waals surface area (Å²) >= 11 is 0. The van der Waals surface area contributed by atoms with Crippen LogP contribution in [0, 0.1) is 0 Å².